The highest BCUT2D eigenvalue weighted by Gasteiger charge is 2.34. The Labute approximate surface area is 170 Å². The van der Waals surface area contributed by atoms with Crippen LogP contribution in [0.2, 0.25) is 0 Å². The Balaban J connectivity index is 1.79. The molecule has 0 unspecified atom stereocenters. The molecular weight excluding hydrogens is 386 g/mol. The summed E-state index contributed by atoms with van der Waals surface area (Å²) in [5, 5.41) is 21.9. The van der Waals surface area contributed by atoms with Crippen LogP contribution < -0.4 is 20.3 Å². The molecule has 0 aliphatic carbocycles. The minimum absolute atomic E-state index is 0.353. The number of H-pyrrole nitrogens is 1. The summed E-state index contributed by atoms with van der Waals surface area (Å²) in [5.74, 6) is 1.53. The zero-order chi connectivity index (χ0) is 20.7. The van der Waals surface area contributed by atoms with Gasteiger partial charge < -0.3 is 14.8 Å². The highest BCUT2D eigenvalue weighted by atomic mass is 16.5. The summed E-state index contributed by atoms with van der Waals surface area (Å²) in [6.45, 7) is 0. The van der Waals surface area contributed by atoms with Gasteiger partial charge in [-0.05, 0) is 34.2 Å². The zero-order valence-corrected chi connectivity index (χ0v) is 16.2. The van der Waals surface area contributed by atoms with Crippen molar-refractivity contribution in [1.82, 2.24) is 30.4 Å². The van der Waals surface area contributed by atoms with Gasteiger partial charge >= 0.3 is 0 Å². The molecule has 5 rings (SSSR count). The van der Waals surface area contributed by atoms with E-state index in [1.807, 2.05) is 42.5 Å². The molecule has 0 fully saturated rings. The van der Waals surface area contributed by atoms with E-state index in [9.17, 15) is 4.79 Å². The number of nitrogens with zero attached hydrogens (tertiary/aromatic N) is 5. The van der Waals surface area contributed by atoms with Gasteiger partial charge in [-0.25, -0.2) is 5.10 Å². The van der Waals surface area contributed by atoms with E-state index >= 15 is 0 Å². The maximum atomic E-state index is 12.7. The SMILES string of the molecule is COc1ccc(-c2n[nH]c(=O)c3c2[C@@H](c2ccccc2)n2nnnc2N3)cc1OC. The van der Waals surface area contributed by atoms with Crippen LogP contribution in [0.4, 0.5) is 11.6 Å². The molecule has 4 aromatic rings. The van der Waals surface area contributed by atoms with Crippen molar-refractivity contribution >= 4 is 11.6 Å². The van der Waals surface area contributed by atoms with Gasteiger partial charge in [-0.2, -0.15) is 9.78 Å². The first-order valence-corrected chi connectivity index (χ1v) is 9.16. The van der Waals surface area contributed by atoms with Crippen LogP contribution in [0.1, 0.15) is 17.2 Å². The van der Waals surface area contributed by atoms with Crippen molar-refractivity contribution < 1.29 is 9.47 Å². The summed E-state index contributed by atoms with van der Waals surface area (Å²) in [6, 6.07) is 14.7. The number of nitrogens with one attached hydrogen (secondary N) is 2. The van der Waals surface area contributed by atoms with E-state index in [2.05, 4.69) is 31.0 Å². The monoisotopic (exact) mass is 403 g/mol. The molecule has 1 aliphatic heterocycles. The fourth-order valence-corrected chi connectivity index (χ4v) is 3.68. The number of tetrazole rings is 1. The second-order valence-corrected chi connectivity index (χ2v) is 6.65. The molecule has 2 N–H and O–H groups in total. The maximum Gasteiger partial charge on any atom is 0.288 e. The molecule has 2 aromatic carbocycles. The van der Waals surface area contributed by atoms with Gasteiger partial charge in [0.1, 0.15) is 11.7 Å². The predicted molar refractivity (Wildman–Crippen MR) is 108 cm³/mol. The number of aromatic nitrogens is 6. The van der Waals surface area contributed by atoms with E-state index in [1.165, 1.54) is 0 Å². The van der Waals surface area contributed by atoms with Crippen molar-refractivity contribution in [1.29, 1.82) is 0 Å². The van der Waals surface area contributed by atoms with Crippen molar-refractivity contribution in [3.63, 3.8) is 0 Å². The summed E-state index contributed by atoms with van der Waals surface area (Å²) in [7, 11) is 3.14. The van der Waals surface area contributed by atoms with Crippen molar-refractivity contribution in [3.05, 3.63) is 70.0 Å². The minimum atomic E-state index is -0.439. The Morgan fingerprint density at radius 3 is 2.60 bits per heavy atom. The van der Waals surface area contributed by atoms with Crippen LogP contribution in [0.15, 0.2) is 53.3 Å². The number of methoxy groups -OCH3 is 2. The average Bonchev–Trinajstić information content (AvgIpc) is 3.26. The Bertz CT molecular complexity index is 1280. The van der Waals surface area contributed by atoms with E-state index in [0.717, 1.165) is 11.1 Å². The molecule has 10 heteroatoms. The van der Waals surface area contributed by atoms with Gasteiger partial charge in [-0.15, -0.1) is 0 Å². The van der Waals surface area contributed by atoms with Crippen LogP contribution in [0, 0.1) is 0 Å². The Hall–Kier alpha value is -4.21. The van der Waals surface area contributed by atoms with Crippen LogP contribution in [-0.2, 0) is 0 Å². The number of fused-ring (bicyclic) bond motifs is 2. The Kier molecular flexibility index (Phi) is 4.16. The van der Waals surface area contributed by atoms with Crippen LogP contribution in [0.25, 0.3) is 11.3 Å². The zero-order valence-electron chi connectivity index (χ0n) is 16.2. The molecule has 0 spiro atoms. The third-order valence-corrected chi connectivity index (χ3v) is 5.04. The Morgan fingerprint density at radius 1 is 1.03 bits per heavy atom. The number of benzene rings is 2. The standard InChI is InChI=1S/C20H17N7O3/c1-29-13-9-8-12(10-14(13)30-2)16-15-17(19(28)23-22-16)21-20-24-25-26-27(20)18(15)11-6-4-3-5-7-11/h3-10,18H,1-2H3,(H,23,28)(H,21,24,26)/t18-/m1/s1. The van der Waals surface area contributed by atoms with Crippen LogP contribution in [0.5, 0.6) is 11.5 Å². The molecule has 1 aliphatic rings. The number of ether oxygens (including phenoxy) is 2. The molecule has 3 heterocycles. The summed E-state index contributed by atoms with van der Waals surface area (Å²) in [6.07, 6.45) is 0. The highest BCUT2D eigenvalue weighted by Crippen LogP contribution is 2.42. The third kappa shape index (κ3) is 2.69. The molecule has 0 saturated carbocycles. The van der Waals surface area contributed by atoms with E-state index < -0.39 is 6.04 Å². The first-order chi connectivity index (χ1) is 14.7. The highest BCUT2D eigenvalue weighted by molar-refractivity contribution is 5.76. The topological polar surface area (TPSA) is 120 Å². The lowest BCUT2D eigenvalue weighted by molar-refractivity contribution is 0.355. The molecule has 0 radical (unpaired) electrons. The number of hydrogen-bond acceptors (Lipinski definition) is 8. The average molecular weight is 403 g/mol. The van der Waals surface area contributed by atoms with Gasteiger partial charge in [-0.1, -0.05) is 35.4 Å². The molecule has 2 aromatic heterocycles. The smallest absolute Gasteiger partial charge is 0.288 e. The lowest BCUT2D eigenvalue weighted by Gasteiger charge is -2.27. The van der Waals surface area contributed by atoms with Crippen molar-refractivity contribution in [2.24, 2.45) is 0 Å². The molecule has 1 atom stereocenters. The second kappa shape index (κ2) is 6.99. The van der Waals surface area contributed by atoms with Gasteiger partial charge in [0.05, 0.1) is 19.9 Å². The molecule has 0 bridgehead atoms. The van der Waals surface area contributed by atoms with Crippen molar-refractivity contribution in [3.8, 4) is 22.8 Å². The number of rotatable bonds is 4. The van der Waals surface area contributed by atoms with Crippen LogP contribution >= 0.6 is 0 Å². The van der Waals surface area contributed by atoms with Crippen molar-refractivity contribution in [2.45, 2.75) is 6.04 Å². The van der Waals surface area contributed by atoms with E-state index in [-0.39, 0.29) is 5.56 Å². The predicted octanol–water partition coefficient (Wildman–Crippen LogP) is 2.14. The van der Waals surface area contributed by atoms with Gasteiger partial charge in [0, 0.05) is 11.1 Å². The molecule has 0 amide bonds. The molecular formula is C20H17N7O3. The fraction of sp³-hybridized carbons (Fsp3) is 0.150. The van der Waals surface area contributed by atoms with Gasteiger partial charge in [0.25, 0.3) is 5.56 Å². The number of aromatic amines is 1. The summed E-state index contributed by atoms with van der Waals surface area (Å²) in [5.41, 5.74) is 2.91. The lowest BCUT2D eigenvalue weighted by Crippen LogP contribution is -2.29. The van der Waals surface area contributed by atoms with Crippen LogP contribution in [-0.4, -0.2) is 44.6 Å². The van der Waals surface area contributed by atoms with E-state index in [0.29, 0.717) is 34.4 Å². The van der Waals surface area contributed by atoms with Crippen molar-refractivity contribution in [2.75, 3.05) is 19.5 Å². The summed E-state index contributed by atoms with van der Waals surface area (Å²) < 4.78 is 12.4. The molecule has 30 heavy (non-hydrogen) atoms. The lowest BCUT2D eigenvalue weighted by atomic mass is 9.92. The molecule has 0 saturated heterocycles. The summed E-state index contributed by atoms with van der Waals surface area (Å²) in [4.78, 5) is 12.7. The fourth-order valence-electron chi connectivity index (χ4n) is 3.68. The third-order valence-electron chi connectivity index (χ3n) is 5.04. The van der Waals surface area contributed by atoms with Gasteiger partial charge in [0.2, 0.25) is 5.95 Å². The normalized spacial score (nSPS) is 14.4. The largest absolute Gasteiger partial charge is 0.493 e. The number of anilines is 2. The number of hydrogen-bond donors (Lipinski definition) is 2. The second-order valence-electron chi connectivity index (χ2n) is 6.65. The molecule has 10 nitrogen and oxygen atoms in total. The van der Waals surface area contributed by atoms with Gasteiger partial charge in [-0.3, -0.25) is 4.79 Å². The maximum absolute atomic E-state index is 12.7. The van der Waals surface area contributed by atoms with E-state index in [4.69, 9.17) is 9.47 Å². The Morgan fingerprint density at radius 2 is 1.83 bits per heavy atom. The van der Waals surface area contributed by atoms with E-state index in [1.54, 1.807) is 25.0 Å². The quantitative estimate of drug-likeness (QED) is 0.468. The minimum Gasteiger partial charge on any atom is -0.493 e. The van der Waals surface area contributed by atoms with Gasteiger partial charge in [0.15, 0.2) is 11.5 Å². The first kappa shape index (κ1) is 17.9. The summed E-state index contributed by atoms with van der Waals surface area (Å²) >= 11 is 0. The molecule has 150 valence electrons. The van der Waals surface area contributed by atoms with Crippen LogP contribution in [0.3, 0.4) is 0 Å². The first-order valence-electron chi connectivity index (χ1n) is 9.16.